The van der Waals surface area contributed by atoms with Crippen LogP contribution in [-0.2, 0) is 17.3 Å². The van der Waals surface area contributed by atoms with E-state index in [1.165, 1.54) is 25.4 Å². The largest absolute Gasteiger partial charge is 0.476 e. The Bertz CT molecular complexity index is 974. The van der Waals surface area contributed by atoms with Gasteiger partial charge in [-0.05, 0) is 19.8 Å². The molecule has 170 valence electrons. The molecule has 2 atom stereocenters. The molecule has 0 spiro atoms. The third kappa shape index (κ3) is 4.82. The van der Waals surface area contributed by atoms with Crippen LogP contribution in [0.1, 0.15) is 50.7 Å². The maximum Gasteiger partial charge on any atom is 0.435 e. The monoisotopic (exact) mass is 461 g/mol. The van der Waals surface area contributed by atoms with Gasteiger partial charge in [-0.15, -0.1) is 11.3 Å². The predicted octanol–water partition coefficient (Wildman–Crippen LogP) is 2.48. The highest BCUT2D eigenvalue weighted by molar-refractivity contribution is 7.15. The van der Waals surface area contributed by atoms with Crippen LogP contribution in [0, 0.1) is 6.92 Å². The molecule has 1 fully saturated rings. The molecule has 9 nitrogen and oxygen atoms in total. The van der Waals surface area contributed by atoms with Crippen LogP contribution in [0.2, 0.25) is 0 Å². The molecule has 0 aromatic carbocycles. The van der Waals surface area contributed by atoms with E-state index in [9.17, 15) is 27.9 Å². The number of nitrogens with zero attached hydrogens (tertiary/aromatic N) is 3. The number of aromatic amines is 1. The van der Waals surface area contributed by atoms with Gasteiger partial charge in [-0.1, -0.05) is 6.92 Å². The van der Waals surface area contributed by atoms with Crippen molar-refractivity contribution in [3.05, 3.63) is 27.8 Å². The van der Waals surface area contributed by atoms with Gasteiger partial charge >= 0.3 is 12.1 Å². The number of carboxylic acids is 1. The second kappa shape index (κ2) is 8.83. The summed E-state index contributed by atoms with van der Waals surface area (Å²) in [7, 11) is 1.47. The molecule has 13 heteroatoms. The lowest BCUT2D eigenvalue weighted by molar-refractivity contribution is -0.141. The molecule has 1 amide bonds. The van der Waals surface area contributed by atoms with Crippen LogP contribution in [0.3, 0.4) is 0 Å². The fourth-order valence-corrected chi connectivity index (χ4v) is 4.39. The molecule has 0 radical (unpaired) electrons. The standard InChI is InChI=1S/C18H22F3N5O4S/c1-4-9-13(18(19,20)21)25-14(22-9)15(27)23-10-5-6-26(7-11(10)30-3)17-24-12(16(28)29)8(2)31-17/h10-11H,4-7H2,1-3H3,(H,22,25)(H,23,27)(H,28,29). The zero-order chi connectivity index (χ0) is 22.9. The number of piperidine rings is 1. The summed E-state index contributed by atoms with van der Waals surface area (Å²) in [5.41, 5.74) is -1.25. The van der Waals surface area contributed by atoms with E-state index in [-0.39, 0.29) is 17.8 Å². The van der Waals surface area contributed by atoms with Crippen LogP contribution < -0.4 is 10.2 Å². The molecule has 1 saturated heterocycles. The molecule has 2 aromatic heterocycles. The average molecular weight is 461 g/mol. The summed E-state index contributed by atoms with van der Waals surface area (Å²) in [6.45, 7) is 4.01. The van der Waals surface area contributed by atoms with Gasteiger partial charge in [-0.3, -0.25) is 4.79 Å². The number of thiazole rings is 1. The number of aromatic carboxylic acids is 1. The number of carboxylic acid groups (broad SMARTS) is 1. The highest BCUT2D eigenvalue weighted by atomic mass is 32.1. The number of carbonyl (C=O) groups excluding carboxylic acids is 1. The predicted molar refractivity (Wildman–Crippen MR) is 106 cm³/mol. The van der Waals surface area contributed by atoms with E-state index in [0.29, 0.717) is 29.5 Å². The first-order chi connectivity index (χ1) is 14.5. The quantitative estimate of drug-likeness (QED) is 0.604. The number of imidazole rings is 1. The summed E-state index contributed by atoms with van der Waals surface area (Å²) in [5, 5.41) is 12.4. The van der Waals surface area contributed by atoms with Crippen molar-refractivity contribution >= 4 is 28.3 Å². The van der Waals surface area contributed by atoms with Gasteiger partial charge in [0.2, 0.25) is 0 Å². The molecular formula is C18H22F3N5O4S. The molecule has 2 aromatic rings. The van der Waals surface area contributed by atoms with Gasteiger partial charge in [0.1, 0.15) is 0 Å². The van der Waals surface area contributed by atoms with E-state index in [0.717, 1.165) is 0 Å². The van der Waals surface area contributed by atoms with Gasteiger partial charge in [0, 0.05) is 30.8 Å². The number of H-pyrrole nitrogens is 1. The molecule has 3 heterocycles. The van der Waals surface area contributed by atoms with E-state index in [1.807, 2.05) is 4.90 Å². The lowest BCUT2D eigenvalue weighted by atomic mass is 10.0. The van der Waals surface area contributed by atoms with E-state index >= 15 is 0 Å². The number of nitrogens with one attached hydrogen (secondary N) is 2. The first kappa shape index (κ1) is 23.0. The van der Waals surface area contributed by atoms with Crippen LogP contribution in [-0.4, -0.2) is 64.3 Å². The molecule has 0 bridgehead atoms. The number of aromatic nitrogens is 3. The number of methoxy groups -OCH3 is 1. The number of halogens is 3. The smallest absolute Gasteiger partial charge is 0.435 e. The summed E-state index contributed by atoms with van der Waals surface area (Å²) < 4.78 is 44.7. The molecule has 0 saturated carbocycles. The van der Waals surface area contributed by atoms with Crippen LogP contribution in [0.5, 0.6) is 0 Å². The summed E-state index contributed by atoms with van der Waals surface area (Å²) in [5.74, 6) is -2.25. The normalized spacial score (nSPS) is 19.5. The summed E-state index contributed by atoms with van der Waals surface area (Å²) in [4.78, 5) is 36.3. The van der Waals surface area contributed by atoms with E-state index in [1.54, 1.807) is 6.92 Å². The van der Waals surface area contributed by atoms with Crippen molar-refractivity contribution in [2.45, 2.75) is 45.0 Å². The topological polar surface area (TPSA) is 120 Å². The van der Waals surface area contributed by atoms with E-state index in [4.69, 9.17) is 4.74 Å². The summed E-state index contributed by atoms with van der Waals surface area (Å²) in [6, 6.07) is -0.460. The minimum absolute atomic E-state index is 0.00518. The lowest BCUT2D eigenvalue weighted by Gasteiger charge is -2.37. The minimum atomic E-state index is -4.65. The molecular weight excluding hydrogens is 439 g/mol. The maximum atomic E-state index is 13.1. The molecule has 3 N–H and O–H groups in total. The number of hydrogen-bond donors (Lipinski definition) is 3. The number of rotatable bonds is 6. The summed E-state index contributed by atoms with van der Waals surface area (Å²) in [6.07, 6.45) is -4.64. The number of carbonyl (C=O) groups is 2. The van der Waals surface area contributed by atoms with Gasteiger partial charge in [-0.2, -0.15) is 13.2 Å². The fraction of sp³-hybridized carbons (Fsp3) is 0.556. The zero-order valence-electron chi connectivity index (χ0n) is 17.0. The zero-order valence-corrected chi connectivity index (χ0v) is 17.9. The van der Waals surface area contributed by atoms with E-state index < -0.39 is 41.7 Å². The third-order valence-electron chi connectivity index (χ3n) is 5.05. The second-order valence-electron chi connectivity index (χ2n) is 7.06. The van der Waals surface area contributed by atoms with Crippen molar-refractivity contribution in [2.75, 3.05) is 25.1 Å². The van der Waals surface area contributed by atoms with Crippen LogP contribution in [0.15, 0.2) is 0 Å². The SMILES string of the molecule is CCc1[nH]c(C(=O)NC2CCN(c3nc(C(=O)O)c(C)s3)CC2OC)nc1C(F)(F)F. The van der Waals surface area contributed by atoms with Crippen molar-refractivity contribution in [1.29, 1.82) is 0 Å². The Kier molecular flexibility index (Phi) is 6.55. The van der Waals surface area contributed by atoms with Crippen molar-refractivity contribution in [3.63, 3.8) is 0 Å². The minimum Gasteiger partial charge on any atom is -0.476 e. The molecule has 2 unspecified atom stereocenters. The molecule has 1 aliphatic rings. The third-order valence-corrected chi connectivity index (χ3v) is 6.08. The first-order valence-corrected chi connectivity index (χ1v) is 10.3. The Balaban J connectivity index is 1.71. The number of ether oxygens (including phenoxy) is 1. The maximum absolute atomic E-state index is 13.1. The fourth-order valence-electron chi connectivity index (χ4n) is 3.45. The Morgan fingerprint density at radius 3 is 2.61 bits per heavy atom. The van der Waals surface area contributed by atoms with Gasteiger partial charge in [-0.25, -0.2) is 14.8 Å². The number of anilines is 1. The highest BCUT2D eigenvalue weighted by Gasteiger charge is 2.38. The molecule has 1 aliphatic heterocycles. The Morgan fingerprint density at radius 1 is 1.39 bits per heavy atom. The second-order valence-corrected chi connectivity index (χ2v) is 8.24. The summed E-state index contributed by atoms with van der Waals surface area (Å²) >= 11 is 1.25. The van der Waals surface area contributed by atoms with Crippen LogP contribution in [0.25, 0.3) is 0 Å². The highest BCUT2D eigenvalue weighted by Crippen LogP contribution is 2.31. The Morgan fingerprint density at radius 2 is 2.10 bits per heavy atom. The number of amides is 1. The molecule has 0 aliphatic carbocycles. The molecule has 3 rings (SSSR count). The van der Waals surface area contributed by atoms with E-state index in [2.05, 4.69) is 20.3 Å². The van der Waals surface area contributed by atoms with Gasteiger partial charge in [0.25, 0.3) is 5.91 Å². The number of hydrogen-bond acceptors (Lipinski definition) is 7. The van der Waals surface area contributed by atoms with Crippen molar-refractivity contribution in [3.8, 4) is 0 Å². The van der Waals surface area contributed by atoms with Crippen molar-refractivity contribution < 1.29 is 32.6 Å². The average Bonchev–Trinajstić information content (AvgIpc) is 3.32. The van der Waals surface area contributed by atoms with Crippen LogP contribution in [0.4, 0.5) is 18.3 Å². The van der Waals surface area contributed by atoms with Gasteiger partial charge in [0.05, 0.1) is 12.1 Å². The van der Waals surface area contributed by atoms with Gasteiger partial charge in [0.15, 0.2) is 22.3 Å². The van der Waals surface area contributed by atoms with Crippen molar-refractivity contribution in [2.24, 2.45) is 0 Å². The number of alkyl halides is 3. The Labute approximate surface area is 179 Å². The lowest BCUT2D eigenvalue weighted by Crippen LogP contribution is -2.55. The van der Waals surface area contributed by atoms with Gasteiger partial charge < -0.3 is 25.0 Å². The first-order valence-electron chi connectivity index (χ1n) is 9.50. The number of aryl methyl sites for hydroxylation is 2. The van der Waals surface area contributed by atoms with Crippen LogP contribution >= 0.6 is 11.3 Å². The molecule has 31 heavy (non-hydrogen) atoms. The Hall–Kier alpha value is -2.67. The van der Waals surface area contributed by atoms with Crippen molar-refractivity contribution in [1.82, 2.24) is 20.3 Å².